The molecule has 3 heterocycles. The summed E-state index contributed by atoms with van der Waals surface area (Å²) < 4.78 is 4.43. The van der Waals surface area contributed by atoms with Gasteiger partial charge in [-0.15, -0.1) is 4.80 Å². The number of pyridine rings is 1. The Kier molecular flexibility index (Phi) is 4.66. The first-order chi connectivity index (χ1) is 13.1. The number of hydrogen-bond donors (Lipinski definition) is 1. The SMILES string of the molecule is Cc1c(-c2ccccc2)nsc1C(=O)Nc1cnc(-n2nccn2)c(Cl)c1. The molecule has 9 heteroatoms. The van der Waals surface area contributed by atoms with E-state index in [2.05, 4.69) is 24.9 Å². The first-order valence-electron chi connectivity index (χ1n) is 7.99. The van der Waals surface area contributed by atoms with E-state index < -0.39 is 0 Å². The second-order valence-electron chi connectivity index (χ2n) is 5.65. The first-order valence-corrected chi connectivity index (χ1v) is 9.14. The molecule has 0 saturated heterocycles. The lowest BCUT2D eigenvalue weighted by molar-refractivity contribution is 0.103. The molecule has 4 rings (SSSR count). The number of hydrogen-bond acceptors (Lipinski definition) is 6. The fourth-order valence-corrected chi connectivity index (χ4v) is 3.61. The molecule has 0 fully saturated rings. The van der Waals surface area contributed by atoms with Crippen LogP contribution in [0.5, 0.6) is 0 Å². The Morgan fingerprint density at radius 1 is 1.19 bits per heavy atom. The zero-order valence-corrected chi connectivity index (χ0v) is 15.7. The average molecular weight is 397 g/mol. The molecule has 0 unspecified atom stereocenters. The van der Waals surface area contributed by atoms with E-state index in [1.807, 2.05) is 37.3 Å². The Labute approximate surface area is 163 Å². The maximum absolute atomic E-state index is 12.7. The van der Waals surface area contributed by atoms with Crippen molar-refractivity contribution in [1.29, 1.82) is 0 Å². The van der Waals surface area contributed by atoms with Gasteiger partial charge in [0.15, 0.2) is 5.82 Å². The third-order valence-corrected chi connectivity index (χ3v) is 5.09. The van der Waals surface area contributed by atoms with Crippen molar-refractivity contribution in [2.24, 2.45) is 0 Å². The molecule has 0 atom stereocenters. The zero-order valence-electron chi connectivity index (χ0n) is 14.1. The molecule has 0 bridgehead atoms. The van der Waals surface area contributed by atoms with Crippen LogP contribution in [0.2, 0.25) is 5.02 Å². The number of amides is 1. The summed E-state index contributed by atoms with van der Waals surface area (Å²) in [6.07, 6.45) is 4.58. The molecule has 1 amide bonds. The summed E-state index contributed by atoms with van der Waals surface area (Å²) >= 11 is 7.41. The smallest absolute Gasteiger partial charge is 0.267 e. The van der Waals surface area contributed by atoms with Gasteiger partial charge in [-0.25, -0.2) is 4.98 Å². The standard InChI is InChI=1S/C18H13ClN6OS/c1-11-15(12-5-3-2-4-6-12)24-27-16(11)18(26)23-13-9-14(19)17(20-10-13)25-21-7-8-22-25/h2-10H,1H3,(H,23,26). The van der Waals surface area contributed by atoms with Crippen LogP contribution in [0, 0.1) is 6.92 Å². The van der Waals surface area contributed by atoms with Gasteiger partial charge in [0.1, 0.15) is 4.88 Å². The van der Waals surface area contributed by atoms with Crippen LogP contribution in [0.4, 0.5) is 5.69 Å². The van der Waals surface area contributed by atoms with E-state index in [1.165, 1.54) is 23.4 Å². The van der Waals surface area contributed by atoms with Crippen LogP contribution in [0.1, 0.15) is 15.2 Å². The summed E-state index contributed by atoms with van der Waals surface area (Å²) in [4.78, 5) is 18.7. The number of carbonyl (C=O) groups excluding carboxylic acids is 1. The van der Waals surface area contributed by atoms with Gasteiger partial charge in [0.05, 0.1) is 35.0 Å². The molecule has 1 N–H and O–H groups in total. The number of aromatic nitrogens is 5. The lowest BCUT2D eigenvalue weighted by atomic mass is 10.1. The second kappa shape index (κ2) is 7.26. The lowest BCUT2D eigenvalue weighted by Crippen LogP contribution is -2.12. The Morgan fingerprint density at radius 3 is 2.63 bits per heavy atom. The largest absolute Gasteiger partial charge is 0.320 e. The molecule has 0 aliphatic rings. The number of anilines is 1. The van der Waals surface area contributed by atoms with Crippen molar-refractivity contribution in [2.45, 2.75) is 6.92 Å². The first kappa shape index (κ1) is 17.3. The highest BCUT2D eigenvalue weighted by Crippen LogP contribution is 2.28. The minimum atomic E-state index is -0.255. The van der Waals surface area contributed by atoms with E-state index >= 15 is 0 Å². The molecule has 0 aliphatic carbocycles. The molecular weight excluding hydrogens is 384 g/mol. The molecule has 0 radical (unpaired) electrons. The number of halogens is 1. The van der Waals surface area contributed by atoms with Crippen LogP contribution >= 0.6 is 23.1 Å². The Morgan fingerprint density at radius 2 is 1.93 bits per heavy atom. The summed E-state index contributed by atoms with van der Waals surface area (Å²) in [5.41, 5.74) is 3.10. The van der Waals surface area contributed by atoms with Crippen molar-refractivity contribution < 1.29 is 4.79 Å². The second-order valence-corrected chi connectivity index (χ2v) is 6.83. The number of rotatable bonds is 4. The van der Waals surface area contributed by atoms with E-state index in [1.54, 1.807) is 6.07 Å². The molecule has 1 aromatic carbocycles. The number of carbonyl (C=O) groups is 1. The van der Waals surface area contributed by atoms with Crippen LogP contribution in [0.3, 0.4) is 0 Å². The minimum absolute atomic E-state index is 0.255. The molecule has 0 aliphatic heterocycles. The molecule has 27 heavy (non-hydrogen) atoms. The monoisotopic (exact) mass is 396 g/mol. The van der Waals surface area contributed by atoms with Gasteiger partial charge >= 0.3 is 0 Å². The molecule has 0 saturated carbocycles. The predicted octanol–water partition coefficient (Wildman–Crippen LogP) is 4.00. The van der Waals surface area contributed by atoms with Crippen molar-refractivity contribution >= 4 is 34.7 Å². The molecule has 134 valence electrons. The predicted molar refractivity (Wildman–Crippen MR) is 104 cm³/mol. The van der Waals surface area contributed by atoms with Gasteiger partial charge in [-0.05, 0) is 24.5 Å². The highest BCUT2D eigenvalue weighted by atomic mass is 35.5. The van der Waals surface area contributed by atoms with E-state index in [9.17, 15) is 4.79 Å². The van der Waals surface area contributed by atoms with Gasteiger partial charge in [-0.3, -0.25) is 4.79 Å². The van der Waals surface area contributed by atoms with Gasteiger partial charge in [0.2, 0.25) is 0 Å². The summed E-state index contributed by atoms with van der Waals surface area (Å²) in [6.45, 7) is 1.89. The van der Waals surface area contributed by atoms with Gasteiger partial charge in [0, 0.05) is 11.1 Å². The summed E-state index contributed by atoms with van der Waals surface area (Å²) in [5.74, 6) is 0.134. The Hall–Kier alpha value is -3.10. The van der Waals surface area contributed by atoms with Crippen molar-refractivity contribution in [3.8, 4) is 17.1 Å². The lowest BCUT2D eigenvalue weighted by Gasteiger charge is -2.07. The van der Waals surface area contributed by atoms with Crippen molar-refractivity contribution in [3.05, 3.63) is 70.5 Å². The Bertz CT molecular complexity index is 1090. The normalized spacial score (nSPS) is 10.7. The minimum Gasteiger partial charge on any atom is -0.320 e. The highest BCUT2D eigenvalue weighted by molar-refractivity contribution is 7.08. The number of benzene rings is 1. The van der Waals surface area contributed by atoms with Crippen molar-refractivity contribution in [2.75, 3.05) is 5.32 Å². The van der Waals surface area contributed by atoms with Crippen LogP contribution in [-0.4, -0.2) is 30.3 Å². The van der Waals surface area contributed by atoms with Crippen molar-refractivity contribution in [3.63, 3.8) is 0 Å². The van der Waals surface area contributed by atoms with Crippen molar-refractivity contribution in [1.82, 2.24) is 24.4 Å². The number of nitrogens with one attached hydrogen (secondary N) is 1. The fourth-order valence-electron chi connectivity index (χ4n) is 2.57. The van der Waals surface area contributed by atoms with Crippen LogP contribution in [0.25, 0.3) is 17.1 Å². The summed E-state index contributed by atoms with van der Waals surface area (Å²) in [6, 6.07) is 11.4. The van der Waals surface area contributed by atoms with Gasteiger partial charge in [-0.1, -0.05) is 41.9 Å². The quantitative estimate of drug-likeness (QED) is 0.563. The molecule has 3 aromatic heterocycles. The third-order valence-electron chi connectivity index (χ3n) is 3.87. The fraction of sp³-hybridized carbons (Fsp3) is 0.0556. The maximum atomic E-state index is 12.7. The van der Waals surface area contributed by atoms with E-state index in [0.717, 1.165) is 28.4 Å². The topological polar surface area (TPSA) is 85.6 Å². The maximum Gasteiger partial charge on any atom is 0.267 e. The molecule has 0 spiro atoms. The molecule has 4 aromatic rings. The Balaban J connectivity index is 1.56. The van der Waals surface area contributed by atoms with Crippen LogP contribution in [0.15, 0.2) is 55.0 Å². The van der Waals surface area contributed by atoms with Gasteiger partial charge in [-0.2, -0.15) is 14.6 Å². The van der Waals surface area contributed by atoms with Gasteiger partial charge < -0.3 is 5.32 Å². The zero-order chi connectivity index (χ0) is 18.8. The summed E-state index contributed by atoms with van der Waals surface area (Å²) in [7, 11) is 0. The van der Waals surface area contributed by atoms with E-state index in [4.69, 9.17) is 11.6 Å². The third kappa shape index (κ3) is 3.44. The van der Waals surface area contributed by atoms with E-state index in [0.29, 0.717) is 21.4 Å². The van der Waals surface area contributed by atoms with Crippen LogP contribution in [-0.2, 0) is 0 Å². The molecule has 7 nitrogen and oxygen atoms in total. The molecular formula is C18H13ClN6OS. The highest BCUT2D eigenvalue weighted by Gasteiger charge is 2.18. The van der Waals surface area contributed by atoms with E-state index in [-0.39, 0.29) is 5.91 Å². The van der Waals surface area contributed by atoms with Crippen LogP contribution < -0.4 is 5.32 Å². The van der Waals surface area contributed by atoms with Gasteiger partial charge in [0.25, 0.3) is 5.91 Å². The average Bonchev–Trinajstić information content (AvgIpc) is 3.32. The summed E-state index contributed by atoms with van der Waals surface area (Å²) in [5, 5.41) is 11.1. The number of nitrogens with zero attached hydrogens (tertiary/aromatic N) is 5.